The Morgan fingerprint density at radius 3 is 2.33 bits per heavy atom. The highest BCUT2D eigenvalue weighted by Crippen LogP contribution is 2.32. The van der Waals surface area contributed by atoms with Gasteiger partial charge in [0.05, 0.1) is 0 Å². The number of rotatable bonds is 3. The summed E-state index contributed by atoms with van der Waals surface area (Å²) < 4.78 is 37.4. The minimum Gasteiger partial charge on any atom is -0.475 e. The molecule has 1 aromatic rings. The van der Waals surface area contributed by atoms with Crippen LogP contribution in [0.4, 0.5) is 13.2 Å². The zero-order chi connectivity index (χ0) is 22.5. The number of aromatic nitrogens is 1. The predicted molar refractivity (Wildman–Crippen MR) is 103 cm³/mol. The van der Waals surface area contributed by atoms with Crippen LogP contribution in [0.2, 0.25) is 0 Å². The van der Waals surface area contributed by atoms with Gasteiger partial charge in [-0.05, 0) is 25.8 Å². The Hall–Kier alpha value is -2.10. The van der Waals surface area contributed by atoms with Gasteiger partial charge in [-0.15, -0.1) is 0 Å². The van der Waals surface area contributed by atoms with E-state index in [1.54, 1.807) is 6.26 Å². The van der Waals surface area contributed by atoms with E-state index in [1.165, 1.54) is 19.3 Å². The van der Waals surface area contributed by atoms with E-state index in [1.807, 2.05) is 4.90 Å². The van der Waals surface area contributed by atoms with Crippen molar-refractivity contribution in [2.45, 2.75) is 64.1 Å². The van der Waals surface area contributed by atoms with Gasteiger partial charge < -0.3 is 19.3 Å². The summed E-state index contributed by atoms with van der Waals surface area (Å²) in [7, 11) is 2.12. The second-order valence-corrected chi connectivity index (χ2v) is 8.28. The van der Waals surface area contributed by atoms with Crippen molar-refractivity contribution in [3.05, 3.63) is 17.8 Å². The Labute approximate surface area is 174 Å². The fourth-order valence-corrected chi connectivity index (χ4v) is 3.85. The summed E-state index contributed by atoms with van der Waals surface area (Å²) in [5.41, 5.74) is 0.487. The fourth-order valence-electron chi connectivity index (χ4n) is 3.85. The average Bonchev–Trinajstić information content (AvgIpc) is 3.18. The number of oxazole rings is 1. The summed E-state index contributed by atoms with van der Waals surface area (Å²) in [5, 5.41) is 7.12. The van der Waals surface area contributed by atoms with Crippen LogP contribution < -0.4 is 0 Å². The Bertz CT molecular complexity index is 714. The number of hydrogen-bond acceptors (Lipinski definition) is 5. The lowest BCUT2D eigenvalue weighted by Gasteiger charge is -2.41. The first kappa shape index (κ1) is 24.2. The molecule has 0 radical (unpaired) electrons. The number of carboxylic acid groups (broad SMARTS) is 1. The number of piperazine rings is 1. The summed E-state index contributed by atoms with van der Waals surface area (Å²) in [6.07, 6.45) is 2.55. The zero-order valence-electron chi connectivity index (χ0n) is 17.6. The first-order chi connectivity index (χ1) is 14.0. The third-order valence-electron chi connectivity index (χ3n) is 5.59. The third kappa shape index (κ3) is 6.45. The van der Waals surface area contributed by atoms with E-state index in [-0.39, 0.29) is 11.9 Å². The molecular formula is C20H30F3N3O4. The lowest BCUT2D eigenvalue weighted by atomic mass is 9.89. The van der Waals surface area contributed by atoms with Crippen molar-refractivity contribution >= 4 is 11.9 Å². The first-order valence-corrected chi connectivity index (χ1v) is 10.3. The second kappa shape index (κ2) is 10.3. The van der Waals surface area contributed by atoms with Gasteiger partial charge in [0.2, 0.25) is 0 Å². The number of carbonyl (C=O) groups is 2. The Morgan fingerprint density at radius 1 is 1.20 bits per heavy atom. The Balaban J connectivity index is 0.000000396. The van der Waals surface area contributed by atoms with Crippen molar-refractivity contribution < 1.29 is 32.3 Å². The number of likely N-dealkylation sites (N-methyl/N-ethyl adjacent to an activating group) is 1. The molecule has 3 rings (SSSR count). The minimum absolute atomic E-state index is 0.0302. The van der Waals surface area contributed by atoms with Crippen molar-refractivity contribution in [1.29, 1.82) is 0 Å². The molecule has 2 heterocycles. The molecule has 1 atom stereocenters. The highest BCUT2D eigenvalue weighted by molar-refractivity contribution is 5.92. The molecule has 1 saturated carbocycles. The van der Waals surface area contributed by atoms with E-state index in [0.29, 0.717) is 17.5 Å². The molecule has 0 aromatic carbocycles. The molecule has 2 aliphatic rings. The molecule has 0 spiro atoms. The van der Waals surface area contributed by atoms with Crippen LogP contribution in [0.1, 0.15) is 68.2 Å². The summed E-state index contributed by atoms with van der Waals surface area (Å²) in [6.45, 7) is 6.98. The molecule has 30 heavy (non-hydrogen) atoms. The molecule has 10 heteroatoms. The zero-order valence-corrected chi connectivity index (χ0v) is 17.6. The number of halogens is 3. The van der Waals surface area contributed by atoms with Gasteiger partial charge in [-0.2, -0.15) is 13.2 Å². The smallest absolute Gasteiger partial charge is 0.475 e. The monoisotopic (exact) mass is 433 g/mol. The standard InChI is InChI=1S/C18H29N3O2.C2HF3O2/c1-13(2)16-11-20(3)9-10-21(16)18(22)15-12-23-17(19-15)14-7-5-4-6-8-14;3-2(4,5)1(6)7/h12-14,16H,4-11H2,1-3H3;(H,6,7). The molecule has 170 valence electrons. The summed E-state index contributed by atoms with van der Waals surface area (Å²) in [6, 6.07) is 0.246. The Kier molecular flexibility index (Phi) is 8.28. The number of alkyl halides is 3. The molecule has 1 aromatic heterocycles. The van der Waals surface area contributed by atoms with Crippen molar-refractivity contribution in [3.8, 4) is 0 Å². The van der Waals surface area contributed by atoms with Gasteiger partial charge in [0.1, 0.15) is 6.26 Å². The SMILES string of the molecule is CC(C)C1CN(C)CCN1C(=O)c1coc(C2CCCCC2)n1.O=C(O)C(F)(F)F. The molecule has 1 unspecified atom stereocenters. The minimum atomic E-state index is -5.08. The molecule has 0 bridgehead atoms. The van der Waals surface area contributed by atoms with Crippen LogP contribution in [-0.2, 0) is 4.79 Å². The number of nitrogens with zero attached hydrogens (tertiary/aromatic N) is 3. The van der Waals surface area contributed by atoms with Gasteiger partial charge in [0, 0.05) is 31.6 Å². The molecule has 1 saturated heterocycles. The number of amides is 1. The molecule has 1 amide bonds. The van der Waals surface area contributed by atoms with E-state index in [4.69, 9.17) is 14.3 Å². The number of aliphatic carboxylic acids is 1. The van der Waals surface area contributed by atoms with Gasteiger partial charge in [0.15, 0.2) is 11.6 Å². The van der Waals surface area contributed by atoms with Crippen molar-refractivity contribution in [2.75, 3.05) is 26.7 Å². The number of carboxylic acids is 1. The van der Waals surface area contributed by atoms with Gasteiger partial charge in [-0.1, -0.05) is 33.1 Å². The maximum Gasteiger partial charge on any atom is 0.490 e. The highest BCUT2D eigenvalue weighted by Gasteiger charge is 2.38. The number of hydrogen-bond donors (Lipinski definition) is 1. The lowest BCUT2D eigenvalue weighted by Crippen LogP contribution is -2.56. The summed E-state index contributed by atoms with van der Waals surface area (Å²) >= 11 is 0. The number of carbonyl (C=O) groups excluding carboxylic acids is 1. The quantitative estimate of drug-likeness (QED) is 0.781. The van der Waals surface area contributed by atoms with Gasteiger partial charge in [-0.25, -0.2) is 9.78 Å². The van der Waals surface area contributed by atoms with Crippen LogP contribution in [0.5, 0.6) is 0 Å². The van der Waals surface area contributed by atoms with Crippen LogP contribution in [0.3, 0.4) is 0 Å². The highest BCUT2D eigenvalue weighted by atomic mass is 19.4. The average molecular weight is 433 g/mol. The van der Waals surface area contributed by atoms with Crippen LogP contribution in [0, 0.1) is 5.92 Å². The molecule has 2 fully saturated rings. The molecule has 1 aliphatic carbocycles. The summed E-state index contributed by atoms with van der Waals surface area (Å²) in [5.74, 6) is -1.12. The molecule has 7 nitrogen and oxygen atoms in total. The largest absolute Gasteiger partial charge is 0.490 e. The van der Waals surface area contributed by atoms with E-state index in [0.717, 1.165) is 38.4 Å². The third-order valence-corrected chi connectivity index (χ3v) is 5.59. The van der Waals surface area contributed by atoms with E-state index >= 15 is 0 Å². The van der Waals surface area contributed by atoms with Gasteiger partial charge in [-0.3, -0.25) is 4.79 Å². The first-order valence-electron chi connectivity index (χ1n) is 10.3. The van der Waals surface area contributed by atoms with Gasteiger partial charge >= 0.3 is 12.1 Å². The normalized spacial score (nSPS) is 21.3. The van der Waals surface area contributed by atoms with E-state index < -0.39 is 12.1 Å². The Morgan fingerprint density at radius 2 is 1.80 bits per heavy atom. The predicted octanol–water partition coefficient (Wildman–Crippen LogP) is 3.77. The topological polar surface area (TPSA) is 86.9 Å². The van der Waals surface area contributed by atoms with Crippen molar-refractivity contribution in [3.63, 3.8) is 0 Å². The van der Waals surface area contributed by atoms with Crippen LogP contribution in [0.25, 0.3) is 0 Å². The van der Waals surface area contributed by atoms with Crippen LogP contribution in [0.15, 0.2) is 10.7 Å². The molecule has 1 aliphatic heterocycles. The van der Waals surface area contributed by atoms with Crippen molar-refractivity contribution in [2.24, 2.45) is 5.92 Å². The fraction of sp³-hybridized carbons (Fsp3) is 0.750. The maximum absolute atomic E-state index is 12.9. The summed E-state index contributed by atoms with van der Waals surface area (Å²) in [4.78, 5) is 30.6. The van der Waals surface area contributed by atoms with E-state index in [2.05, 4.69) is 30.8 Å². The van der Waals surface area contributed by atoms with Gasteiger partial charge in [0.25, 0.3) is 5.91 Å². The van der Waals surface area contributed by atoms with E-state index in [9.17, 15) is 18.0 Å². The van der Waals surface area contributed by atoms with Crippen LogP contribution >= 0.6 is 0 Å². The van der Waals surface area contributed by atoms with Crippen LogP contribution in [-0.4, -0.2) is 70.7 Å². The van der Waals surface area contributed by atoms with Crippen molar-refractivity contribution in [1.82, 2.24) is 14.8 Å². The molecule has 1 N–H and O–H groups in total. The molecular weight excluding hydrogens is 403 g/mol. The second-order valence-electron chi connectivity index (χ2n) is 8.28. The lowest BCUT2D eigenvalue weighted by molar-refractivity contribution is -0.192. The maximum atomic E-state index is 12.9.